The maximum absolute atomic E-state index is 11.8. The smallest absolute Gasteiger partial charge is 0.373 e. The van der Waals surface area contributed by atoms with E-state index in [-0.39, 0.29) is 6.10 Å². The first kappa shape index (κ1) is 12.9. The summed E-state index contributed by atoms with van der Waals surface area (Å²) in [4.78, 5) is 21.8. The van der Waals surface area contributed by atoms with Crippen molar-refractivity contribution in [3.05, 3.63) is 29.8 Å². The molecule has 0 atom stereocenters. The molecule has 1 fully saturated rings. The summed E-state index contributed by atoms with van der Waals surface area (Å²) in [5.74, 6) is 0.154. The number of carbonyl (C=O) groups is 1. The van der Waals surface area contributed by atoms with Crippen LogP contribution in [0.25, 0.3) is 0 Å². The highest BCUT2D eigenvalue weighted by atomic mass is 17.2. The number of hydrogen-bond acceptors (Lipinski definition) is 4. The molecule has 0 radical (unpaired) electrons. The van der Waals surface area contributed by atoms with Gasteiger partial charge in [-0.05, 0) is 31.0 Å². The molecule has 2 rings (SSSR count). The van der Waals surface area contributed by atoms with Crippen LogP contribution in [0, 0.1) is 0 Å². The minimum absolute atomic E-state index is 0.0494. The highest BCUT2D eigenvalue weighted by Gasteiger charge is 2.17. The summed E-state index contributed by atoms with van der Waals surface area (Å²) in [6.45, 7) is 0. The summed E-state index contributed by atoms with van der Waals surface area (Å²) in [6, 6.07) is 6.83. The molecule has 18 heavy (non-hydrogen) atoms. The number of ether oxygens (including phenoxy) is 1. The molecule has 0 spiro atoms. The van der Waals surface area contributed by atoms with E-state index in [9.17, 15) is 4.79 Å². The van der Waals surface area contributed by atoms with Crippen LogP contribution in [0.4, 0.5) is 0 Å². The normalized spacial score (nSPS) is 16.3. The van der Waals surface area contributed by atoms with Crippen molar-refractivity contribution in [3.63, 3.8) is 0 Å². The molecule has 0 heterocycles. The number of methoxy groups -OCH3 is 1. The van der Waals surface area contributed by atoms with Crippen molar-refractivity contribution in [1.82, 2.24) is 0 Å². The van der Waals surface area contributed by atoms with Crippen molar-refractivity contribution in [2.45, 2.75) is 38.2 Å². The molecule has 0 aliphatic heterocycles. The van der Waals surface area contributed by atoms with Crippen LogP contribution in [0.15, 0.2) is 24.3 Å². The third-order valence-corrected chi connectivity index (χ3v) is 3.12. The standard InChI is InChI=1S/C14H18O4/c1-16-13-9-5-6-11(10-13)14(15)18-17-12-7-3-2-4-8-12/h5-6,9-10,12H,2-4,7-8H2,1H3. The zero-order valence-corrected chi connectivity index (χ0v) is 10.6. The third-order valence-electron chi connectivity index (χ3n) is 3.12. The van der Waals surface area contributed by atoms with Gasteiger partial charge in [-0.25, -0.2) is 4.79 Å². The van der Waals surface area contributed by atoms with E-state index < -0.39 is 5.97 Å². The molecule has 0 saturated heterocycles. The van der Waals surface area contributed by atoms with E-state index >= 15 is 0 Å². The summed E-state index contributed by atoms with van der Waals surface area (Å²) >= 11 is 0. The molecular weight excluding hydrogens is 232 g/mol. The fourth-order valence-corrected chi connectivity index (χ4v) is 2.07. The second kappa shape index (κ2) is 6.40. The molecule has 0 N–H and O–H groups in total. The molecule has 1 aromatic carbocycles. The van der Waals surface area contributed by atoms with Crippen LogP contribution in [0.5, 0.6) is 5.75 Å². The molecule has 98 valence electrons. The van der Waals surface area contributed by atoms with Crippen LogP contribution in [-0.2, 0) is 9.78 Å². The first-order valence-corrected chi connectivity index (χ1v) is 6.31. The van der Waals surface area contributed by atoms with E-state index in [0.717, 1.165) is 25.7 Å². The third kappa shape index (κ3) is 3.47. The van der Waals surface area contributed by atoms with Crippen LogP contribution < -0.4 is 4.74 Å². The van der Waals surface area contributed by atoms with Gasteiger partial charge in [-0.15, -0.1) is 0 Å². The Bertz CT molecular complexity index is 397. The Labute approximate surface area is 107 Å². The lowest BCUT2D eigenvalue weighted by molar-refractivity contribution is -0.279. The quantitative estimate of drug-likeness (QED) is 0.608. The maximum Gasteiger partial charge on any atom is 0.373 e. The van der Waals surface area contributed by atoms with Gasteiger partial charge in [0.25, 0.3) is 0 Å². The lowest BCUT2D eigenvalue weighted by Gasteiger charge is -2.19. The average molecular weight is 250 g/mol. The van der Waals surface area contributed by atoms with Crippen molar-refractivity contribution in [1.29, 1.82) is 0 Å². The van der Waals surface area contributed by atoms with Crippen LogP contribution in [-0.4, -0.2) is 19.2 Å². The van der Waals surface area contributed by atoms with Crippen molar-refractivity contribution in [2.24, 2.45) is 0 Å². The Morgan fingerprint density at radius 3 is 2.72 bits per heavy atom. The Morgan fingerprint density at radius 2 is 2.00 bits per heavy atom. The molecule has 1 aliphatic rings. The maximum atomic E-state index is 11.8. The van der Waals surface area contributed by atoms with Gasteiger partial charge in [0.15, 0.2) is 0 Å². The summed E-state index contributed by atoms with van der Waals surface area (Å²) in [5, 5.41) is 0. The molecule has 1 aromatic rings. The van der Waals surface area contributed by atoms with Crippen molar-refractivity contribution in [3.8, 4) is 5.75 Å². The van der Waals surface area contributed by atoms with Gasteiger partial charge in [-0.2, -0.15) is 4.89 Å². The second-order valence-electron chi connectivity index (χ2n) is 4.46. The van der Waals surface area contributed by atoms with E-state index in [4.69, 9.17) is 14.5 Å². The van der Waals surface area contributed by atoms with E-state index in [1.807, 2.05) is 0 Å². The average Bonchev–Trinajstić information content (AvgIpc) is 2.46. The minimum atomic E-state index is -0.473. The van der Waals surface area contributed by atoms with E-state index in [2.05, 4.69) is 0 Å². The van der Waals surface area contributed by atoms with Gasteiger partial charge in [-0.3, -0.25) is 4.89 Å². The largest absolute Gasteiger partial charge is 0.497 e. The zero-order valence-electron chi connectivity index (χ0n) is 10.6. The molecule has 1 saturated carbocycles. The zero-order chi connectivity index (χ0) is 12.8. The Kier molecular flexibility index (Phi) is 4.59. The van der Waals surface area contributed by atoms with Gasteiger partial charge in [0, 0.05) is 0 Å². The van der Waals surface area contributed by atoms with Gasteiger partial charge in [-0.1, -0.05) is 25.3 Å². The second-order valence-corrected chi connectivity index (χ2v) is 4.46. The molecule has 4 heteroatoms. The van der Waals surface area contributed by atoms with Crippen molar-refractivity contribution in [2.75, 3.05) is 7.11 Å². The molecule has 0 bridgehead atoms. The van der Waals surface area contributed by atoms with Gasteiger partial charge in [0.1, 0.15) is 11.9 Å². The van der Waals surface area contributed by atoms with Gasteiger partial charge < -0.3 is 4.74 Å². The van der Waals surface area contributed by atoms with Gasteiger partial charge in [0.05, 0.1) is 12.7 Å². The van der Waals surface area contributed by atoms with Crippen LogP contribution in [0.1, 0.15) is 42.5 Å². The summed E-state index contributed by atoms with van der Waals surface area (Å²) < 4.78 is 5.05. The van der Waals surface area contributed by atoms with Crippen molar-refractivity contribution >= 4 is 5.97 Å². The fourth-order valence-electron chi connectivity index (χ4n) is 2.07. The van der Waals surface area contributed by atoms with Crippen LogP contribution in [0.3, 0.4) is 0 Å². The Balaban J connectivity index is 1.86. The lowest BCUT2D eigenvalue weighted by atomic mass is 9.98. The number of benzene rings is 1. The Morgan fingerprint density at radius 1 is 1.22 bits per heavy atom. The first-order chi connectivity index (χ1) is 8.79. The highest BCUT2D eigenvalue weighted by Crippen LogP contribution is 2.21. The van der Waals surface area contributed by atoms with E-state index in [1.54, 1.807) is 31.4 Å². The fraction of sp³-hybridized carbons (Fsp3) is 0.500. The lowest BCUT2D eigenvalue weighted by Crippen LogP contribution is -2.19. The molecule has 0 amide bonds. The van der Waals surface area contributed by atoms with Crippen LogP contribution in [0.2, 0.25) is 0 Å². The van der Waals surface area contributed by atoms with Crippen molar-refractivity contribution < 1.29 is 19.3 Å². The molecular formula is C14H18O4. The van der Waals surface area contributed by atoms with E-state index in [1.165, 1.54) is 6.42 Å². The number of hydrogen-bond donors (Lipinski definition) is 0. The van der Waals surface area contributed by atoms with E-state index in [0.29, 0.717) is 11.3 Å². The summed E-state index contributed by atoms with van der Waals surface area (Å²) in [7, 11) is 1.56. The molecule has 0 aromatic heterocycles. The topological polar surface area (TPSA) is 44.8 Å². The Hall–Kier alpha value is -1.55. The first-order valence-electron chi connectivity index (χ1n) is 6.31. The SMILES string of the molecule is COc1cccc(C(=O)OOC2CCCCC2)c1. The molecule has 1 aliphatic carbocycles. The number of carbonyl (C=O) groups excluding carboxylic acids is 1. The van der Waals surface area contributed by atoms with Crippen LogP contribution >= 0.6 is 0 Å². The predicted molar refractivity (Wildman–Crippen MR) is 66.4 cm³/mol. The molecule has 4 nitrogen and oxygen atoms in total. The minimum Gasteiger partial charge on any atom is -0.497 e. The summed E-state index contributed by atoms with van der Waals surface area (Å²) in [5.41, 5.74) is 0.435. The summed E-state index contributed by atoms with van der Waals surface area (Å²) in [6.07, 6.45) is 5.50. The monoisotopic (exact) mass is 250 g/mol. The van der Waals surface area contributed by atoms with Gasteiger partial charge in [0.2, 0.25) is 0 Å². The predicted octanol–water partition coefficient (Wildman–Crippen LogP) is 3.12. The highest BCUT2D eigenvalue weighted by molar-refractivity contribution is 5.89. The molecule has 0 unspecified atom stereocenters. The number of rotatable bonds is 4. The van der Waals surface area contributed by atoms with Gasteiger partial charge >= 0.3 is 5.97 Å².